The average Bonchev–Trinajstić information content (AvgIpc) is 3.32. The van der Waals surface area contributed by atoms with Crippen molar-refractivity contribution in [3.05, 3.63) is 57.6 Å². The Balaban J connectivity index is 1.67. The van der Waals surface area contributed by atoms with E-state index in [0.29, 0.717) is 38.1 Å². The molecule has 3 aromatic heterocycles. The molecule has 29 heavy (non-hydrogen) atoms. The van der Waals surface area contributed by atoms with Crippen molar-refractivity contribution in [3.8, 4) is 10.7 Å². The van der Waals surface area contributed by atoms with Crippen LogP contribution in [0.2, 0.25) is 0 Å². The third-order valence-corrected chi connectivity index (χ3v) is 7.04. The summed E-state index contributed by atoms with van der Waals surface area (Å²) in [6.07, 6.45) is 1.73. The molecule has 0 bridgehead atoms. The monoisotopic (exact) mass is 445 g/mol. The lowest BCUT2D eigenvalue weighted by Crippen LogP contribution is -2.11. The number of nitrogens with zero attached hydrogens (tertiary/aromatic N) is 3. The number of fused-ring (bicyclic) bond motifs is 1. The number of H-pyrrole nitrogens is 1. The van der Waals surface area contributed by atoms with Crippen LogP contribution in [-0.4, -0.2) is 25.7 Å². The van der Waals surface area contributed by atoms with E-state index >= 15 is 0 Å². The fraction of sp³-hybridized carbons (Fsp3) is 0.158. The first-order chi connectivity index (χ1) is 13.9. The molecule has 1 aromatic carbocycles. The van der Waals surface area contributed by atoms with Gasteiger partial charge in [-0.05, 0) is 43.8 Å². The Morgan fingerprint density at radius 1 is 1.41 bits per heavy atom. The summed E-state index contributed by atoms with van der Waals surface area (Å²) in [4.78, 5) is 18.6. The lowest BCUT2D eigenvalue weighted by molar-refractivity contribution is 0.103. The van der Waals surface area contributed by atoms with Crippen molar-refractivity contribution in [2.45, 2.75) is 20.4 Å². The number of rotatable bonds is 5. The number of hydrogen-bond acceptors (Lipinski definition) is 6. The van der Waals surface area contributed by atoms with E-state index in [1.165, 1.54) is 28.7 Å². The smallest absolute Gasteiger partial charge is 0.267 e. The van der Waals surface area contributed by atoms with Crippen molar-refractivity contribution in [2.75, 3.05) is 5.32 Å². The summed E-state index contributed by atoms with van der Waals surface area (Å²) in [6.45, 7) is 7.85. The Kier molecular flexibility index (Phi) is 5.15. The molecule has 0 spiro atoms. The zero-order valence-electron chi connectivity index (χ0n) is 15.6. The Labute approximate surface area is 178 Å². The van der Waals surface area contributed by atoms with Gasteiger partial charge in [0.2, 0.25) is 0 Å². The molecule has 0 aliphatic carbocycles. The second-order valence-corrected chi connectivity index (χ2v) is 8.75. The van der Waals surface area contributed by atoms with Crippen LogP contribution < -0.4 is 5.32 Å². The summed E-state index contributed by atoms with van der Waals surface area (Å²) in [5, 5.41) is 10.8. The maximum Gasteiger partial charge on any atom is 0.267 e. The Bertz CT molecular complexity index is 1310. The van der Waals surface area contributed by atoms with Crippen molar-refractivity contribution in [3.63, 3.8) is 0 Å². The maximum atomic E-state index is 14.1. The molecular formula is C19H16FN5OS3. The van der Waals surface area contributed by atoms with Gasteiger partial charge in [-0.2, -0.15) is 5.10 Å². The van der Waals surface area contributed by atoms with Crippen molar-refractivity contribution >= 4 is 56.0 Å². The van der Waals surface area contributed by atoms with Crippen molar-refractivity contribution < 1.29 is 9.18 Å². The van der Waals surface area contributed by atoms with E-state index < -0.39 is 0 Å². The molecular weight excluding hydrogens is 429 g/mol. The molecule has 4 aromatic rings. The number of halogens is 1. The highest BCUT2D eigenvalue weighted by Gasteiger charge is 2.21. The minimum atomic E-state index is -0.326. The van der Waals surface area contributed by atoms with E-state index in [9.17, 15) is 9.18 Å². The molecule has 0 unspecified atom stereocenters. The molecule has 148 valence electrons. The maximum absolute atomic E-state index is 14.1. The largest absolute Gasteiger partial charge is 0.297 e. The number of allylic oxidation sites excluding steroid dienone is 1. The third-order valence-electron chi connectivity index (χ3n) is 4.40. The molecule has 1 amide bonds. The number of nitrogens with one attached hydrogen (secondary N) is 2. The van der Waals surface area contributed by atoms with Crippen LogP contribution in [0.5, 0.6) is 0 Å². The van der Waals surface area contributed by atoms with Gasteiger partial charge >= 0.3 is 0 Å². The first-order valence-corrected chi connectivity index (χ1v) is 10.7. The summed E-state index contributed by atoms with van der Waals surface area (Å²) < 4.78 is 17.2. The molecule has 4 rings (SSSR count). The molecule has 0 saturated heterocycles. The Morgan fingerprint density at radius 3 is 2.93 bits per heavy atom. The minimum absolute atomic E-state index is 0.312. The van der Waals surface area contributed by atoms with Crippen molar-refractivity contribution in [1.82, 2.24) is 19.7 Å². The summed E-state index contributed by atoms with van der Waals surface area (Å²) in [5.41, 5.74) is 1.35. The van der Waals surface area contributed by atoms with Gasteiger partial charge in [0.1, 0.15) is 5.82 Å². The minimum Gasteiger partial charge on any atom is -0.297 e. The number of carbonyl (C=O) groups is 1. The lowest BCUT2D eigenvalue weighted by Gasteiger charge is -2.01. The number of thiazole rings is 1. The predicted molar refractivity (Wildman–Crippen MR) is 118 cm³/mol. The van der Waals surface area contributed by atoms with Gasteiger partial charge in [-0.15, -0.1) is 17.9 Å². The van der Waals surface area contributed by atoms with Crippen molar-refractivity contribution in [1.29, 1.82) is 0 Å². The fourth-order valence-electron chi connectivity index (χ4n) is 3.07. The molecule has 3 heterocycles. The fourth-order valence-corrected chi connectivity index (χ4v) is 5.36. The second-order valence-electron chi connectivity index (χ2n) is 6.31. The number of thiophene rings is 1. The summed E-state index contributed by atoms with van der Waals surface area (Å²) >= 11 is 7.83. The Morgan fingerprint density at radius 2 is 2.21 bits per heavy atom. The number of aromatic amines is 1. The first-order valence-electron chi connectivity index (χ1n) is 8.63. The summed E-state index contributed by atoms with van der Waals surface area (Å²) in [5.74, 6) is 0.00608. The molecule has 0 radical (unpaired) electrons. The van der Waals surface area contributed by atoms with E-state index in [4.69, 9.17) is 12.2 Å². The predicted octanol–water partition coefficient (Wildman–Crippen LogP) is 5.47. The lowest BCUT2D eigenvalue weighted by atomic mass is 10.1. The number of aromatic nitrogens is 4. The quantitative estimate of drug-likeness (QED) is 0.315. The van der Waals surface area contributed by atoms with Crippen LogP contribution in [0.25, 0.3) is 20.8 Å². The highest BCUT2D eigenvalue weighted by atomic mass is 32.1. The third kappa shape index (κ3) is 3.43. The van der Waals surface area contributed by atoms with Gasteiger partial charge < -0.3 is 0 Å². The first kappa shape index (κ1) is 19.6. The SMILES string of the molecule is C=CCn1c(-c2sc(NC(=O)c3sc4cccc(F)c4c3C)nc2C)n[nH]c1=S. The van der Waals surface area contributed by atoms with Gasteiger partial charge in [-0.1, -0.05) is 23.5 Å². The van der Waals surface area contributed by atoms with Crippen LogP contribution in [0.3, 0.4) is 0 Å². The second kappa shape index (κ2) is 7.62. The molecule has 10 heteroatoms. The highest BCUT2D eigenvalue weighted by molar-refractivity contribution is 7.71. The van der Waals surface area contributed by atoms with E-state index in [1.54, 1.807) is 25.1 Å². The molecule has 0 aliphatic rings. The molecule has 0 saturated carbocycles. The van der Waals surface area contributed by atoms with Gasteiger partial charge in [0.25, 0.3) is 5.91 Å². The van der Waals surface area contributed by atoms with Crippen LogP contribution >= 0.6 is 34.9 Å². The van der Waals surface area contributed by atoms with Crippen LogP contribution in [0.4, 0.5) is 9.52 Å². The van der Waals surface area contributed by atoms with E-state index in [0.717, 1.165) is 15.3 Å². The van der Waals surface area contributed by atoms with Crippen LogP contribution in [0, 0.1) is 24.4 Å². The Hall–Kier alpha value is -2.69. The van der Waals surface area contributed by atoms with E-state index in [-0.39, 0.29) is 11.7 Å². The zero-order chi connectivity index (χ0) is 20.7. The standard InChI is InChI=1S/C19H16FN5OS3/c1-4-8-25-16(23-24-19(25)27)15-10(3)21-18(29-15)22-17(26)14-9(2)13-11(20)6-5-7-12(13)28-14/h4-7H,1,8H2,2-3H3,(H,24,27)(H,21,22,26). The van der Waals surface area contributed by atoms with Crippen LogP contribution in [-0.2, 0) is 6.54 Å². The number of hydrogen-bond donors (Lipinski definition) is 2. The van der Waals surface area contributed by atoms with Gasteiger partial charge in [0.05, 0.1) is 15.4 Å². The topological polar surface area (TPSA) is 75.6 Å². The highest BCUT2D eigenvalue weighted by Crippen LogP contribution is 2.35. The van der Waals surface area contributed by atoms with Crippen molar-refractivity contribution in [2.24, 2.45) is 0 Å². The molecule has 0 fully saturated rings. The number of aryl methyl sites for hydroxylation is 2. The average molecular weight is 446 g/mol. The molecule has 0 aliphatic heterocycles. The number of carbonyl (C=O) groups excluding carboxylic acids is 1. The number of anilines is 1. The van der Waals surface area contributed by atoms with Gasteiger partial charge in [0, 0.05) is 16.6 Å². The summed E-state index contributed by atoms with van der Waals surface area (Å²) in [7, 11) is 0. The van der Waals surface area contributed by atoms with Gasteiger partial charge in [0.15, 0.2) is 15.7 Å². The molecule has 6 nitrogen and oxygen atoms in total. The van der Waals surface area contributed by atoms with Crippen LogP contribution in [0.1, 0.15) is 20.9 Å². The molecule has 0 atom stereocenters. The normalized spacial score (nSPS) is 11.1. The van der Waals surface area contributed by atoms with E-state index in [1.807, 2.05) is 11.5 Å². The van der Waals surface area contributed by atoms with Gasteiger partial charge in [-0.3, -0.25) is 19.8 Å². The number of amides is 1. The number of benzene rings is 1. The van der Waals surface area contributed by atoms with E-state index in [2.05, 4.69) is 27.1 Å². The van der Waals surface area contributed by atoms with Gasteiger partial charge in [-0.25, -0.2) is 9.37 Å². The zero-order valence-corrected chi connectivity index (χ0v) is 18.0. The summed E-state index contributed by atoms with van der Waals surface area (Å²) in [6, 6.07) is 4.85. The molecule has 2 N–H and O–H groups in total. The van der Waals surface area contributed by atoms with Crippen LogP contribution in [0.15, 0.2) is 30.9 Å².